The first-order valence-electron chi connectivity index (χ1n) is 6.67. The summed E-state index contributed by atoms with van der Waals surface area (Å²) in [4.78, 5) is 22.0. The van der Waals surface area contributed by atoms with Gasteiger partial charge in [0.15, 0.2) is 5.82 Å². The van der Waals surface area contributed by atoms with E-state index in [9.17, 15) is 4.79 Å². The molecule has 7 heteroatoms. The summed E-state index contributed by atoms with van der Waals surface area (Å²) in [5.74, 6) is 1.24. The van der Waals surface area contributed by atoms with Gasteiger partial charge in [-0.2, -0.15) is 4.98 Å². The molecule has 2 heterocycles. The van der Waals surface area contributed by atoms with Crippen molar-refractivity contribution < 1.29 is 9.32 Å². The van der Waals surface area contributed by atoms with E-state index in [1.165, 1.54) is 6.20 Å². The van der Waals surface area contributed by atoms with Crippen molar-refractivity contribution in [3.63, 3.8) is 0 Å². The monoisotopic (exact) mass is 308 g/mol. The third-order valence-electron chi connectivity index (χ3n) is 2.94. The van der Waals surface area contributed by atoms with Crippen LogP contribution in [0.3, 0.4) is 0 Å². The highest BCUT2D eigenvalue weighted by Crippen LogP contribution is 2.11. The van der Waals surface area contributed by atoms with E-state index in [4.69, 9.17) is 16.1 Å². The molecule has 0 spiro atoms. The molecule has 0 radical (unpaired) electrons. The Kier molecular flexibility index (Phi) is 4.90. The fourth-order valence-electron chi connectivity index (χ4n) is 1.67. The highest BCUT2D eigenvalue weighted by atomic mass is 35.5. The Bertz CT molecular complexity index is 610. The molecular weight excluding hydrogens is 292 g/mol. The number of rotatable bonds is 5. The molecule has 0 unspecified atom stereocenters. The Hall–Kier alpha value is -1.95. The Morgan fingerprint density at radius 2 is 2.19 bits per heavy atom. The van der Waals surface area contributed by atoms with E-state index in [0.717, 1.165) is 0 Å². The molecule has 1 amide bonds. The number of aromatic nitrogens is 3. The first-order chi connectivity index (χ1) is 9.97. The fourth-order valence-corrected chi connectivity index (χ4v) is 1.78. The van der Waals surface area contributed by atoms with E-state index in [-0.39, 0.29) is 11.8 Å². The maximum atomic E-state index is 12.1. The topological polar surface area (TPSA) is 72.1 Å². The van der Waals surface area contributed by atoms with E-state index in [0.29, 0.717) is 35.4 Å². The van der Waals surface area contributed by atoms with Crippen molar-refractivity contribution in [2.45, 2.75) is 26.2 Å². The molecule has 0 aliphatic heterocycles. The van der Waals surface area contributed by atoms with Gasteiger partial charge in [0.25, 0.3) is 5.91 Å². The fraction of sp³-hybridized carbons (Fsp3) is 0.429. The molecule has 2 rings (SSSR count). The average molecular weight is 309 g/mol. The average Bonchev–Trinajstić information content (AvgIpc) is 2.94. The summed E-state index contributed by atoms with van der Waals surface area (Å²) in [5.41, 5.74) is 0.359. The second-order valence-corrected chi connectivity index (χ2v) is 5.48. The molecular formula is C14H17ClN4O2. The number of hydrogen-bond donors (Lipinski definition) is 0. The van der Waals surface area contributed by atoms with Gasteiger partial charge in [-0.05, 0) is 12.1 Å². The van der Waals surface area contributed by atoms with Gasteiger partial charge in [0.2, 0.25) is 5.89 Å². The van der Waals surface area contributed by atoms with Crippen LogP contribution in [0.5, 0.6) is 0 Å². The van der Waals surface area contributed by atoms with Crippen LogP contribution in [0.4, 0.5) is 0 Å². The van der Waals surface area contributed by atoms with Crippen molar-refractivity contribution in [2.75, 3.05) is 13.6 Å². The second-order valence-electron chi connectivity index (χ2n) is 5.04. The SMILES string of the molecule is CC(C)c1nc(CCN(C)C(=O)c2ccc(Cl)cn2)no1. The summed E-state index contributed by atoms with van der Waals surface area (Å²) in [6.07, 6.45) is 1.99. The van der Waals surface area contributed by atoms with Gasteiger partial charge in [-0.25, -0.2) is 4.98 Å². The standard InChI is InChI=1S/C14H17ClN4O2/c1-9(2)13-17-12(18-21-13)6-7-19(3)14(20)11-5-4-10(15)8-16-11/h4-5,8-9H,6-7H2,1-3H3. The number of hydrogen-bond acceptors (Lipinski definition) is 5. The molecule has 0 bridgehead atoms. The maximum Gasteiger partial charge on any atom is 0.272 e. The summed E-state index contributed by atoms with van der Waals surface area (Å²) in [6, 6.07) is 3.25. The molecule has 2 aromatic heterocycles. The lowest BCUT2D eigenvalue weighted by Crippen LogP contribution is -2.29. The zero-order valence-electron chi connectivity index (χ0n) is 12.2. The molecule has 21 heavy (non-hydrogen) atoms. The zero-order valence-corrected chi connectivity index (χ0v) is 13.0. The third kappa shape index (κ3) is 4.01. The predicted molar refractivity (Wildman–Crippen MR) is 78.3 cm³/mol. The predicted octanol–water partition coefficient (Wildman–Crippen LogP) is 2.56. The van der Waals surface area contributed by atoms with E-state index >= 15 is 0 Å². The normalized spacial score (nSPS) is 10.9. The molecule has 112 valence electrons. The van der Waals surface area contributed by atoms with Crippen LogP contribution >= 0.6 is 11.6 Å². The van der Waals surface area contributed by atoms with Crippen molar-refractivity contribution in [2.24, 2.45) is 0 Å². The molecule has 0 fully saturated rings. The van der Waals surface area contributed by atoms with Crippen molar-refractivity contribution in [3.05, 3.63) is 40.8 Å². The Morgan fingerprint density at radius 3 is 2.76 bits per heavy atom. The number of pyridine rings is 1. The van der Waals surface area contributed by atoms with Crippen LogP contribution in [0.15, 0.2) is 22.9 Å². The van der Waals surface area contributed by atoms with Crippen LogP contribution in [0.1, 0.15) is 42.0 Å². The van der Waals surface area contributed by atoms with E-state index in [1.54, 1.807) is 24.1 Å². The van der Waals surface area contributed by atoms with Crippen LogP contribution in [-0.2, 0) is 6.42 Å². The number of carbonyl (C=O) groups is 1. The lowest BCUT2D eigenvalue weighted by Gasteiger charge is -2.15. The minimum Gasteiger partial charge on any atom is -0.340 e. The van der Waals surface area contributed by atoms with Gasteiger partial charge in [0, 0.05) is 32.1 Å². The van der Waals surface area contributed by atoms with Crippen molar-refractivity contribution in [1.82, 2.24) is 20.0 Å². The maximum absolute atomic E-state index is 12.1. The van der Waals surface area contributed by atoms with Crippen LogP contribution in [0.25, 0.3) is 0 Å². The third-order valence-corrected chi connectivity index (χ3v) is 3.17. The summed E-state index contributed by atoms with van der Waals surface area (Å²) in [5, 5.41) is 4.40. The number of carbonyl (C=O) groups excluding carboxylic acids is 1. The van der Waals surface area contributed by atoms with Crippen LogP contribution in [-0.4, -0.2) is 39.5 Å². The quantitative estimate of drug-likeness (QED) is 0.849. The number of nitrogens with zero attached hydrogens (tertiary/aromatic N) is 4. The lowest BCUT2D eigenvalue weighted by molar-refractivity contribution is 0.0790. The Balaban J connectivity index is 1.92. The zero-order chi connectivity index (χ0) is 15.4. The number of likely N-dealkylation sites (N-methyl/N-ethyl adjacent to an activating group) is 1. The van der Waals surface area contributed by atoms with Gasteiger partial charge in [0.05, 0.1) is 5.02 Å². The first-order valence-corrected chi connectivity index (χ1v) is 7.04. The number of halogens is 1. The van der Waals surface area contributed by atoms with Gasteiger partial charge in [-0.1, -0.05) is 30.6 Å². The van der Waals surface area contributed by atoms with E-state index in [2.05, 4.69) is 15.1 Å². The minimum absolute atomic E-state index is 0.167. The lowest BCUT2D eigenvalue weighted by atomic mass is 10.2. The highest BCUT2D eigenvalue weighted by Gasteiger charge is 2.15. The molecule has 0 saturated carbocycles. The minimum atomic E-state index is -0.167. The largest absolute Gasteiger partial charge is 0.340 e. The first kappa shape index (κ1) is 15.4. The van der Waals surface area contributed by atoms with Crippen LogP contribution < -0.4 is 0 Å². The van der Waals surface area contributed by atoms with Crippen LogP contribution in [0.2, 0.25) is 5.02 Å². The van der Waals surface area contributed by atoms with Crippen molar-refractivity contribution in [3.8, 4) is 0 Å². The van der Waals surface area contributed by atoms with Gasteiger partial charge in [-0.15, -0.1) is 0 Å². The highest BCUT2D eigenvalue weighted by molar-refractivity contribution is 6.30. The molecule has 0 saturated heterocycles. The molecule has 0 aliphatic rings. The van der Waals surface area contributed by atoms with Gasteiger partial charge in [0.1, 0.15) is 5.69 Å². The smallest absolute Gasteiger partial charge is 0.272 e. The molecule has 0 aliphatic carbocycles. The molecule has 0 N–H and O–H groups in total. The molecule has 6 nitrogen and oxygen atoms in total. The van der Waals surface area contributed by atoms with Crippen LogP contribution in [0, 0.1) is 0 Å². The summed E-state index contributed by atoms with van der Waals surface area (Å²) in [6.45, 7) is 4.46. The van der Waals surface area contributed by atoms with Gasteiger partial charge in [-0.3, -0.25) is 4.79 Å². The molecule has 0 aromatic carbocycles. The summed E-state index contributed by atoms with van der Waals surface area (Å²) in [7, 11) is 1.71. The second kappa shape index (κ2) is 6.67. The summed E-state index contributed by atoms with van der Waals surface area (Å²) < 4.78 is 5.13. The van der Waals surface area contributed by atoms with Gasteiger partial charge >= 0.3 is 0 Å². The van der Waals surface area contributed by atoms with Crippen molar-refractivity contribution >= 4 is 17.5 Å². The Morgan fingerprint density at radius 1 is 1.43 bits per heavy atom. The van der Waals surface area contributed by atoms with E-state index < -0.39 is 0 Å². The Labute approximate surface area is 128 Å². The molecule has 2 aromatic rings. The van der Waals surface area contributed by atoms with E-state index in [1.807, 2.05) is 13.8 Å². The van der Waals surface area contributed by atoms with Crippen molar-refractivity contribution in [1.29, 1.82) is 0 Å². The number of amides is 1. The molecule has 0 atom stereocenters. The summed E-state index contributed by atoms with van der Waals surface area (Å²) >= 11 is 5.75. The van der Waals surface area contributed by atoms with Gasteiger partial charge < -0.3 is 9.42 Å².